The molecule has 0 spiro atoms. The minimum atomic E-state index is -2.13. The highest BCUT2D eigenvalue weighted by atomic mass is 16.5. The van der Waals surface area contributed by atoms with Gasteiger partial charge in [-0.2, -0.15) is 10.5 Å². The van der Waals surface area contributed by atoms with E-state index in [1.165, 1.54) is 0 Å². The van der Waals surface area contributed by atoms with Crippen LogP contribution in [0.25, 0.3) is 0 Å². The van der Waals surface area contributed by atoms with Gasteiger partial charge in [-0.1, -0.05) is 158 Å². The van der Waals surface area contributed by atoms with E-state index in [1.54, 1.807) is 243 Å². The topological polar surface area (TPSA) is 202 Å². The zero-order valence-corrected chi connectivity index (χ0v) is 45.4. The average Bonchev–Trinajstić information content (AvgIpc) is 1.74. The Morgan fingerprint density at radius 2 is 0.488 bits per heavy atom. The molecule has 14 heteroatoms. The molecule has 0 aliphatic carbocycles. The number of nitriles is 2. The maximum atomic E-state index is 13.6. The van der Waals surface area contributed by atoms with E-state index in [1.807, 2.05) is 24.3 Å². The Balaban J connectivity index is 1.09. The molecular formula is C72H44N6O8. The third kappa shape index (κ3) is 10.8. The van der Waals surface area contributed by atoms with Gasteiger partial charge in [0.15, 0.2) is 0 Å². The standard InChI is InChI=1S/C72H44N6O8/c73-45-55-17-13-15-27-61(55)71(75-63(47-29-37-51(38-30-47)67(79)83-57-19-5-1-6-20-57)64(76-71)48-31-39-52(40-32-48)68(80)84-58-21-7-2-8-22-58)72(62-28-16-14-18-56(62)46-74)77-65(49-33-41-53(42-34-49)69(81)85-59-23-9-3-10-24-59)66(78-72)50-35-43-54(44-36-50)70(82)86-60-25-11-4-12-26-60/h1-44H. The second-order valence-electron chi connectivity index (χ2n) is 19.6. The minimum absolute atomic E-state index is 0.149. The SMILES string of the molecule is N#Cc1ccccc1C1(C2(c3ccccc3C#N)N=C(c3ccc(C(=O)Oc4ccccc4)cc3)C(c3ccc(C(=O)Oc4ccccc4)cc3)=N2)N=C(c2ccc(C(=O)Oc3ccccc3)cc2)C(c2ccc(C(=O)Oc3ccccc3)cc2)=N1. The lowest BCUT2D eigenvalue weighted by atomic mass is 9.79. The van der Waals surface area contributed by atoms with Crippen molar-refractivity contribution in [1.82, 2.24) is 0 Å². The van der Waals surface area contributed by atoms with Crippen LogP contribution in [0.3, 0.4) is 0 Å². The van der Waals surface area contributed by atoms with Crippen LogP contribution in [-0.4, -0.2) is 46.7 Å². The molecule has 2 heterocycles. The number of rotatable bonds is 15. The number of carbonyl (C=O) groups is 4. The molecule has 0 atom stereocenters. The lowest BCUT2D eigenvalue weighted by Crippen LogP contribution is -2.44. The first-order valence-electron chi connectivity index (χ1n) is 27.0. The van der Waals surface area contributed by atoms with Crippen molar-refractivity contribution in [2.75, 3.05) is 0 Å². The van der Waals surface area contributed by atoms with Crippen LogP contribution >= 0.6 is 0 Å². The fourth-order valence-corrected chi connectivity index (χ4v) is 10.1. The molecule has 0 aromatic heterocycles. The van der Waals surface area contributed by atoms with Crippen LogP contribution in [0.5, 0.6) is 23.0 Å². The first-order valence-corrected chi connectivity index (χ1v) is 27.0. The summed E-state index contributed by atoms with van der Waals surface area (Å²) < 4.78 is 22.8. The molecule has 0 saturated heterocycles. The fraction of sp³-hybridized carbons (Fsp3) is 0.0278. The van der Waals surface area contributed by atoms with Crippen molar-refractivity contribution in [3.8, 4) is 35.1 Å². The van der Waals surface area contributed by atoms with Crippen molar-refractivity contribution in [3.05, 3.63) is 334 Å². The maximum Gasteiger partial charge on any atom is 0.343 e. The molecule has 0 N–H and O–H groups in total. The van der Waals surface area contributed by atoms with E-state index in [2.05, 4.69) is 12.1 Å². The van der Waals surface area contributed by atoms with Crippen molar-refractivity contribution < 1.29 is 38.1 Å². The zero-order chi connectivity index (χ0) is 59.0. The number of esters is 4. The summed E-state index contributed by atoms with van der Waals surface area (Å²) in [5.41, 5.74) is 0.383. The highest BCUT2D eigenvalue weighted by Crippen LogP contribution is 2.56. The maximum absolute atomic E-state index is 13.6. The number of para-hydroxylation sites is 4. The third-order valence-corrected chi connectivity index (χ3v) is 14.3. The summed E-state index contributed by atoms with van der Waals surface area (Å²) in [5.74, 6) is -1.00. The van der Waals surface area contributed by atoms with E-state index in [0.717, 1.165) is 0 Å². The van der Waals surface area contributed by atoms with E-state index < -0.39 is 35.2 Å². The molecule has 410 valence electrons. The molecule has 86 heavy (non-hydrogen) atoms. The van der Waals surface area contributed by atoms with Crippen LogP contribution in [0.15, 0.2) is 287 Å². The number of benzene rings is 10. The Morgan fingerprint density at radius 1 is 0.279 bits per heavy atom. The van der Waals surface area contributed by atoms with Crippen molar-refractivity contribution in [2.24, 2.45) is 20.0 Å². The summed E-state index contributed by atoms with van der Waals surface area (Å²) in [7, 11) is 0. The van der Waals surface area contributed by atoms with Crippen molar-refractivity contribution in [2.45, 2.75) is 11.3 Å². The van der Waals surface area contributed by atoms with Gasteiger partial charge >= 0.3 is 23.9 Å². The molecule has 14 nitrogen and oxygen atoms in total. The molecule has 0 fully saturated rings. The van der Waals surface area contributed by atoms with Gasteiger partial charge in [-0.05, 0) is 109 Å². The lowest BCUT2D eigenvalue weighted by Gasteiger charge is -2.39. The van der Waals surface area contributed by atoms with Crippen LogP contribution in [0.1, 0.15) is 85.9 Å². The summed E-state index contributed by atoms with van der Waals surface area (Å²) in [4.78, 5) is 77.3. The first kappa shape index (κ1) is 54.3. The monoisotopic (exact) mass is 1120 g/mol. The summed E-state index contributed by atoms with van der Waals surface area (Å²) in [6, 6.07) is 79.6. The number of nitrogens with zero attached hydrogens (tertiary/aromatic N) is 6. The number of hydrogen-bond acceptors (Lipinski definition) is 14. The van der Waals surface area contributed by atoms with Gasteiger partial charge in [0, 0.05) is 33.4 Å². The van der Waals surface area contributed by atoms with E-state index in [4.69, 9.17) is 38.9 Å². The normalized spacial score (nSPS) is 13.5. The molecule has 12 rings (SSSR count). The highest BCUT2D eigenvalue weighted by Gasteiger charge is 2.62. The number of ether oxygens (including phenoxy) is 4. The molecule has 2 aliphatic rings. The van der Waals surface area contributed by atoms with E-state index in [0.29, 0.717) is 45.3 Å². The molecule has 2 aliphatic heterocycles. The van der Waals surface area contributed by atoms with Gasteiger partial charge in [0.25, 0.3) is 0 Å². The smallest absolute Gasteiger partial charge is 0.343 e. The quantitative estimate of drug-likeness (QED) is 0.0702. The Bertz CT molecular complexity index is 3940. The molecular weight excluding hydrogens is 1080 g/mol. The van der Waals surface area contributed by atoms with Gasteiger partial charge in [-0.15, -0.1) is 0 Å². The zero-order valence-electron chi connectivity index (χ0n) is 45.4. The molecule has 0 bridgehead atoms. The Kier molecular flexibility index (Phi) is 15.0. The largest absolute Gasteiger partial charge is 0.423 e. The van der Waals surface area contributed by atoms with Crippen LogP contribution in [0.2, 0.25) is 0 Å². The number of aliphatic imine (C=N–C) groups is 4. The first-order chi connectivity index (χ1) is 42.1. The summed E-state index contributed by atoms with van der Waals surface area (Å²) in [6.07, 6.45) is 0. The van der Waals surface area contributed by atoms with Gasteiger partial charge < -0.3 is 18.9 Å². The Labute approximate surface area is 493 Å². The van der Waals surface area contributed by atoms with Crippen LogP contribution in [0.4, 0.5) is 0 Å². The second-order valence-corrected chi connectivity index (χ2v) is 19.6. The Hall–Kier alpha value is -12.3. The third-order valence-electron chi connectivity index (χ3n) is 14.3. The summed E-state index contributed by atoms with van der Waals surface area (Å²) in [5, 5.41) is 22.4. The minimum Gasteiger partial charge on any atom is -0.423 e. The predicted molar refractivity (Wildman–Crippen MR) is 323 cm³/mol. The van der Waals surface area contributed by atoms with Gasteiger partial charge in [0.2, 0.25) is 11.3 Å². The van der Waals surface area contributed by atoms with Gasteiger partial charge in [-0.3, -0.25) is 0 Å². The number of carbonyl (C=O) groups excluding carboxylic acids is 4. The summed E-state index contributed by atoms with van der Waals surface area (Å²) in [6.45, 7) is 0. The van der Waals surface area contributed by atoms with Crippen molar-refractivity contribution >= 4 is 46.7 Å². The van der Waals surface area contributed by atoms with E-state index in [-0.39, 0.29) is 67.4 Å². The van der Waals surface area contributed by atoms with Gasteiger partial charge in [0.1, 0.15) is 23.0 Å². The molecule has 10 aromatic carbocycles. The van der Waals surface area contributed by atoms with Crippen LogP contribution < -0.4 is 18.9 Å². The lowest BCUT2D eigenvalue weighted by molar-refractivity contribution is 0.0725. The van der Waals surface area contributed by atoms with Crippen molar-refractivity contribution in [1.29, 1.82) is 10.5 Å². The van der Waals surface area contributed by atoms with Gasteiger partial charge in [0.05, 0.1) is 68.4 Å². The molecule has 0 radical (unpaired) electrons. The fourth-order valence-electron chi connectivity index (χ4n) is 10.1. The van der Waals surface area contributed by atoms with E-state index in [9.17, 15) is 29.7 Å². The molecule has 0 unspecified atom stereocenters. The molecule has 0 amide bonds. The average molecular weight is 1120 g/mol. The highest BCUT2D eigenvalue weighted by molar-refractivity contribution is 6.56. The van der Waals surface area contributed by atoms with E-state index >= 15 is 0 Å². The summed E-state index contributed by atoms with van der Waals surface area (Å²) >= 11 is 0. The second kappa shape index (κ2) is 23.7. The van der Waals surface area contributed by atoms with Gasteiger partial charge in [-0.25, -0.2) is 39.1 Å². The van der Waals surface area contributed by atoms with Crippen molar-refractivity contribution in [3.63, 3.8) is 0 Å². The Morgan fingerprint density at radius 3 is 0.709 bits per heavy atom. The van der Waals surface area contributed by atoms with Crippen LogP contribution in [0, 0.1) is 22.7 Å². The predicted octanol–water partition coefficient (Wildman–Crippen LogP) is 13.3. The van der Waals surface area contributed by atoms with Crippen LogP contribution in [-0.2, 0) is 11.3 Å². The molecule has 10 aromatic rings. The molecule has 0 saturated carbocycles. The number of hydrogen-bond donors (Lipinski definition) is 0.